The average Bonchev–Trinajstić information content (AvgIpc) is 1.79. The molecule has 0 bridgehead atoms. The van der Waals surface area contributed by atoms with Crippen molar-refractivity contribution < 1.29 is 13.8 Å². The molecule has 0 N–H and O–H groups in total. The van der Waals surface area contributed by atoms with E-state index < -0.39 is 6.09 Å². The van der Waals surface area contributed by atoms with Crippen LogP contribution >= 0.6 is 12.0 Å². The largest absolute Gasteiger partial charge is 0.422 e. The lowest BCUT2D eigenvalue weighted by Crippen LogP contribution is -2.41. The van der Waals surface area contributed by atoms with Gasteiger partial charge in [0.25, 0.3) is 0 Å². The second kappa shape index (κ2) is 3.61. The maximum Gasteiger partial charge on any atom is 0.422 e. The summed E-state index contributed by atoms with van der Waals surface area (Å²) in [5.41, 5.74) is 0. The number of hydrogen-bond donors (Lipinski definition) is 0. The molecule has 4 nitrogen and oxygen atoms in total. The summed E-state index contributed by atoms with van der Waals surface area (Å²) >= 11 is 0.587. The third-order valence-corrected chi connectivity index (χ3v) is 1.81. The Hall–Kier alpha value is -0.710. The number of amides is 1. The van der Waals surface area contributed by atoms with Gasteiger partial charge in [-0.05, 0) is 6.42 Å². The molecule has 0 aliphatic carbocycles. The predicted octanol–water partition coefficient (Wildman–Crippen LogP) is 1.02. The van der Waals surface area contributed by atoms with Gasteiger partial charge < -0.3 is 9.08 Å². The van der Waals surface area contributed by atoms with Gasteiger partial charge in [-0.25, -0.2) is 4.79 Å². The van der Waals surface area contributed by atoms with Gasteiger partial charge in [0.2, 0.25) is 5.12 Å². The van der Waals surface area contributed by atoms with Crippen molar-refractivity contribution in [1.29, 1.82) is 0 Å². The molecule has 11 heavy (non-hydrogen) atoms. The van der Waals surface area contributed by atoms with E-state index in [1.165, 1.54) is 6.92 Å². The average molecular weight is 175 g/mol. The Morgan fingerprint density at radius 1 is 1.45 bits per heavy atom. The molecule has 1 amide bonds. The quantitative estimate of drug-likeness (QED) is 0.516. The summed E-state index contributed by atoms with van der Waals surface area (Å²) in [6.45, 7) is 2.85. The van der Waals surface area contributed by atoms with Crippen LogP contribution in [-0.2, 0) is 8.98 Å². The molecular formula is C6H9NO3S. The molecule has 0 saturated carbocycles. The Bertz CT molecular complexity index is 179. The maximum absolute atomic E-state index is 10.9. The summed E-state index contributed by atoms with van der Waals surface area (Å²) in [5, 5.41) is -0.209. The first kappa shape index (κ1) is 8.39. The lowest BCUT2D eigenvalue weighted by molar-refractivity contribution is -0.109. The van der Waals surface area contributed by atoms with E-state index in [-0.39, 0.29) is 5.12 Å². The predicted molar refractivity (Wildman–Crippen MR) is 40.9 cm³/mol. The van der Waals surface area contributed by atoms with Crippen LogP contribution in [0.5, 0.6) is 0 Å². The third kappa shape index (κ3) is 2.42. The highest BCUT2D eigenvalue weighted by molar-refractivity contribution is 8.09. The Labute approximate surface area is 69.1 Å². The van der Waals surface area contributed by atoms with Crippen LogP contribution in [0.15, 0.2) is 0 Å². The van der Waals surface area contributed by atoms with E-state index in [1.54, 1.807) is 4.90 Å². The third-order valence-electron chi connectivity index (χ3n) is 1.34. The molecule has 1 aliphatic heterocycles. The van der Waals surface area contributed by atoms with Gasteiger partial charge in [-0.15, -0.1) is 0 Å². The van der Waals surface area contributed by atoms with Crippen LogP contribution in [0, 0.1) is 0 Å². The molecule has 0 aromatic carbocycles. The minimum atomic E-state index is -0.406. The van der Waals surface area contributed by atoms with Gasteiger partial charge in [0.1, 0.15) is 12.0 Å². The first-order chi connectivity index (χ1) is 5.20. The van der Waals surface area contributed by atoms with Crippen molar-refractivity contribution in [2.24, 2.45) is 0 Å². The van der Waals surface area contributed by atoms with Crippen molar-refractivity contribution in [3.8, 4) is 0 Å². The molecule has 0 spiro atoms. The van der Waals surface area contributed by atoms with E-state index in [4.69, 9.17) is 0 Å². The van der Waals surface area contributed by atoms with Crippen molar-refractivity contribution in [3.05, 3.63) is 0 Å². The van der Waals surface area contributed by atoms with E-state index in [0.29, 0.717) is 12.0 Å². The van der Waals surface area contributed by atoms with Gasteiger partial charge in [-0.1, -0.05) is 0 Å². The van der Waals surface area contributed by atoms with E-state index in [0.717, 1.165) is 19.5 Å². The number of nitrogens with zero attached hydrogens (tertiary/aromatic N) is 1. The van der Waals surface area contributed by atoms with Crippen molar-refractivity contribution >= 4 is 23.3 Å². The smallest absolute Gasteiger partial charge is 0.367 e. The Kier molecular flexibility index (Phi) is 2.76. The fourth-order valence-electron chi connectivity index (χ4n) is 0.646. The number of hydrogen-bond acceptors (Lipinski definition) is 4. The highest BCUT2D eigenvalue weighted by atomic mass is 32.2. The van der Waals surface area contributed by atoms with Crippen LogP contribution in [0.25, 0.3) is 0 Å². The maximum atomic E-state index is 10.9. The summed E-state index contributed by atoms with van der Waals surface area (Å²) in [5.74, 6) is 0. The van der Waals surface area contributed by atoms with E-state index in [2.05, 4.69) is 4.18 Å². The summed E-state index contributed by atoms with van der Waals surface area (Å²) < 4.78 is 4.56. The Balaban J connectivity index is 2.15. The first-order valence-corrected chi connectivity index (χ1v) is 4.08. The van der Waals surface area contributed by atoms with Crippen molar-refractivity contribution in [1.82, 2.24) is 4.90 Å². The van der Waals surface area contributed by atoms with Crippen LogP contribution in [0.2, 0.25) is 0 Å². The number of carbonyl (C=O) groups is 2. The molecule has 1 rings (SSSR count). The van der Waals surface area contributed by atoms with Crippen LogP contribution in [0.3, 0.4) is 0 Å². The van der Waals surface area contributed by atoms with E-state index in [9.17, 15) is 9.59 Å². The second-order valence-corrected chi connectivity index (χ2v) is 3.17. The van der Waals surface area contributed by atoms with Gasteiger partial charge in [0, 0.05) is 20.0 Å². The molecule has 0 atom stereocenters. The first-order valence-electron chi connectivity index (χ1n) is 3.34. The molecule has 5 heteroatoms. The highest BCUT2D eigenvalue weighted by Gasteiger charge is 2.22. The molecule has 0 radical (unpaired) electrons. The fourth-order valence-corrected chi connectivity index (χ4v) is 0.940. The lowest BCUT2D eigenvalue weighted by Gasteiger charge is -2.28. The summed E-state index contributed by atoms with van der Waals surface area (Å²) in [7, 11) is 0. The minimum absolute atomic E-state index is 0.209. The standard InChI is InChI=1S/C6H9NO3S/c1-5(8)11-10-6(9)7-3-2-4-7/h2-4H2,1H3. The zero-order chi connectivity index (χ0) is 8.27. The Morgan fingerprint density at radius 3 is 2.45 bits per heavy atom. The molecule has 1 aliphatic rings. The highest BCUT2D eigenvalue weighted by Crippen LogP contribution is 2.12. The SMILES string of the molecule is CC(=O)SOC(=O)N1CCC1. The molecule has 0 aromatic heterocycles. The van der Waals surface area contributed by atoms with Crippen molar-refractivity contribution in [3.63, 3.8) is 0 Å². The monoisotopic (exact) mass is 175 g/mol. The van der Waals surface area contributed by atoms with Gasteiger partial charge in [-0.3, -0.25) is 4.79 Å². The topological polar surface area (TPSA) is 46.6 Å². The van der Waals surface area contributed by atoms with Crippen LogP contribution in [0.4, 0.5) is 4.79 Å². The van der Waals surface area contributed by atoms with Gasteiger partial charge in [0.05, 0.1) is 0 Å². The molecule has 0 aromatic rings. The van der Waals surface area contributed by atoms with Gasteiger partial charge in [0.15, 0.2) is 0 Å². The Morgan fingerprint density at radius 2 is 2.09 bits per heavy atom. The fraction of sp³-hybridized carbons (Fsp3) is 0.667. The van der Waals surface area contributed by atoms with E-state index >= 15 is 0 Å². The van der Waals surface area contributed by atoms with Crippen LogP contribution < -0.4 is 0 Å². The van der Waals surface area contributed by atoms with Gasteiger partial charge in [-0.2, -0.15) is 0 Å². The summed E-state index contributed by atoms with van der Waals surface area (Å²) in [4.78, 5) is 22.8. The molecule has 1 heterocycles. The number of carbonyl (C=O) groups excluding carboxylic acids is 2. The second-order valence-electron chi connectivity index (χ2n) is 2.26. The van der Waals surface area contributed by atoms with Gasteiger partial charge >= 0.3 is 6.09 Å². The zero-order valence-corrected chi connectivity index (χ0v) is 7.02. The van der Waals surface area contributed by atoms with Crippen molar-refractivity contribution in [2.75, 3.05) is 13.1 Å². The normalized spacial score (nSPS) is 15.5. The molecule has 1 fully saturated rings. The molecular weight excluding hydrogens is 166 g/mol. The van der Waals surface area contributed by atoms with Crippen LogP contribution in [0.1, 0.15) is 13.3 Å². The zero-order valence-electron chi connectivity index (χ0n) is 6.20. The lowest BCUT2D eigenvalue weighted by atomic mass is 10.2. The molecule has 0 unspecified atom stereocenters. The number of rotatable bonds is 0. The van der Waals surface area contributed by atoms with E-state index in [1.807, 2.05) is 0 Å². The van der Waals surface area contributed by atoms with Crippen LogP contribution in [-0.4, -0.2) is 29.2 Å². The summed E-state index contributed by atoms with van der Waals surface area (Å²) in [6, 6.07) is 0. The van der Waals surface area contributed by atoms with Crippen molar-refractivity contribution in [2.45, 2.75) is 13.3 Å². The molecule has 1 saturated heterocycles. The minimum Gasteiger partial charge on any atom is -0.367 e. The molecule has 62 valence electrons. The number of likely N-dealkylation sites (tertiary alicyclic amines) is 1. The summed E-state index contributed by atoms with van der Waals surface area (Å²) in [6.07, 6.45) is 0.622.